The van der Waals surface area contributed by atoms with E-state index in [1.54, 1.807) is 13.8 Å². The van der Waals surface area contributed by atoms with Crippen LogP contribution in [0.25, 0.3) is 0 Å². The number of aryl methyl sites for hydroxylation is 3. The Balaban J connectivity index is 2.26. The fourth-order valence-electron chi connectivity index (χ4n) is 1.69. The Labute approximate surface area is 98.4 Å². The van der Waals surface area contributed by atoms with Crippen molar-refractivity contribution in [3.05, 3.63) is 28.5 Å². The molecule has 2 aromatic heterocycles. The van der Waals surface area contributed by atoms with E-state index >= 15 is 0 Å². The van der Waals surface area contributed by atoms with E-state index in [-0.39, 0.29) is 11.9 Å². The maximum atomic E-state index is 12.0. The summed E-state index contributed by atoms with van der Waals surface area (Å²) in [5, 5.41) is 9.13. The number of anilines is 1. The molecule has 0 radical (unpaired) electrons. The van der Waals surface area contributed by atoms with Crippen LogP contribution in [0.15, 0.2) is 4.42 Å². The number of amides is 1. The number of hydrogen-bond donors (Lipinski definition) is 2. The van der Waals surface area contributed by atoms with Gasteiger partial charge < -0.3 is 4.42 Å². The van der Waals surface area contributed by atoms with Crippen LogP contribution in [0.5, 0.6) is 0 Å². The molecule has 0 aromatic carbocycles. The molecule has 0 aliphatic rings. The van der Waals surface area contributed by atoms with E-state index in [9.17, 15) is 4.79 Å². The van der Waals surface area contributed by atoms with E-state index in [1.807, 2.05) is 13.8 Å². The Bertz CT molecular complexity index is 568. The van der Waals surface area contributed by atoms with Crippen molar-refractivity contribution in [3.63, 3.8) is 0 Å². The number of aromatic nitrogens is 3. The summed E-state index contributed by atoms with van der Waals surface area (Å²) in [5.74, 6) is 2.02. The third-order valence-electron chi connectivity index (χ3n) is 2.61. The van der Waals surface area contributed by atoms with Crippen LogP contribution in [-0.2, 0) is 0 Å². The Kier molecular flexibility index (Phi) is 2.71. The fourth-order valence-corrected chi connectivity index (χ4v) is 1.69. The molecule has 6 nitrogen and oxygen atoms in total. The van der Waals surface area contributed by atoms with Gasteiger partial charge in [-0.05, 0) is 27.7 Å². The standard InChI is InChI=1S/C11H14N4O2/c1-5-6(2)17-7(3)9(5)10(16)13-11-12-8(4)14-15-11/h1-4H3,(H2,12,13,14,15,16). The molecule has 2 aromatic rings. The molecular formula is C11H14N4O2. The van der Waals surface area contributed by atoms with Crippen molar-refractivity contribution in [2.75, 3.05) is 5.32 Å². The first-order valence-corrected chi connectivity index (χ1v) is 5.26. The van der Waals surface area contributed by atoms with Gasteiger partial charge in [-0.2, -0.15) is 4.98 Å². The van der Waals surface area contributed by atoms with Crippen LogP contribution in [0.1, 0.15) is 33.3 Å². The summed E-state index contributed by atoms with van der Waals surface area (Å²) in [5.41, 5.74) is 1.39. The van der Waals surface area contributed by atoms with E-state index in [4.69, 9.17) is 4.42 Å². The predicted molar refractivity (Wildman–Crippen MR) is 62.0 cm³/mol. The van der Waals surface area contributed by atoms with Gasteiger partial charge in [-0.3, -0.25) is 15.2 Å². The van der Waals surface area contributed by atoms with Crippen molar-refractivity contribution < 1.29 is 9.21 Å². The first kappa shape index (κ1) is 11.4. The molecule has 17 heavy (non-hydrogen) atoms. The second-order valence-corrected chi connectivity index (χ2v) is 3.91. The van der Waals surface area contributed by atoms with E-state index in [2.05, 4.69) is 20.5 Å². The largest absolute Gasteiger partial charge is 0.466 e. The third-order valence-corrected chi connectivity index (χ3v) is 2.61. The van der Waals surface area contributed by atoms with Crippen molar-refractivity contribution >= 4 is 11.9 Å². The molecule has 2 N–H and O–H groups in total. The summed E-state index contributed by atoms with van der Waals surface area (Å²) in [4.78, 5) is 16.0. The molecule has 2 heterocycles. The normalized spacial score (nSPS) is 10.6. The topological polar surface area (TPSA) is 83.8 Å². The lowest BCUT2D eigenvalue weighted by Crippen LogP contribution is -2.14. The molecule has 0 unspecified atom stereocenters. The van der Waals surface area contributed by atoms with Crippen LogP contribution in [0.3, 0.4) is 0 Å². The molecular weight excluding hydrogens is 220 g/mol. The summed E-state index contributed by atoms with van der Waals surface area (Å²) >= 11 is 0. The van der Waals surface area contributed by atoms with Crippen molar-refractivity contribution in [2.24, 2.45) is 0 Å². The van der Waals surface area contributed by atoms with Crippen LogP contribution in [0.4, 0.5) is 5.95 Å². The van der Waals surface area contributed by atoms with Crippen molar-refractivity contribution in [2.45, 2.75) is 27.7 Å². The highest BCUT2D eigenvalue weighted by Crippen LogP contribution is 2.21. The van der Waals surface area contributed by atoms with Gasteiger partial charge in [0.25, 0.3) is 5.91 Å². The SMILES string of the molecule is Cc1nc(NC(=O)c2c(C)oc(C)c2C)n[nH]1. The maximum Gasteiger partial charge on any atom is 0.261 e. The zero-order valence-electron chi connectivity index (χ0n) is 10.2. The first-order chi connectivity index (χ1) is 7.99. The summed E-state index contributed by atoms with van der Waals surface area (Å²) in [6, 6.07) is 0. The number of aromatic amines is 1. The predicted octanol–water partition coefficient (Wildman–Crippen LogP) is 1.88. The van der Waals surface area contributed by atoms with Gasteiger partial charge in [0.2, 0.25) is 5.95 Å². The molecule has 2 rings (SSSR count). The third kappa shape index (κ3) is 2.06. The Hall–Kier alpha value is -2.11. The maximum absolute atomic E-state index is 12.0. The van der Waals surface area contributed by atoms with Crippen LogP contribution in [-0.4, -0.2) is 21.1 Å². The second kappa shape index (κ2) is 4.04. The second-order valence-electron chi connectivity index (χ2n) is 3.91. The number of nitrogens with zero attached hydrogens (tertiary/aromatic N) is 2. The van der Waals surface area contributed by atoms with Crippen molar-refractivity contribution in [1.82, 2.24) is 15.2 Å². The number of furan rings is 1. The molecule has 1 amide bonds. The number of rotatable bonds is 2. The van der Waals surface area contributed by atoms with Gasteiger partial charge >= 0.3 is 0 Å². The van der Waals surface area contributed by atoms with Crippen molar-refractivity contribution in [3.8, 4) is 0 Å². The molecule has 0 bridgehead atoms. The highest BCUT2D eigenvalue weighted by molar-refractivity contribution is 6.05. The molecule has 0 spiro atoms. The molecule has 0 aliphatic carbocycles. The van der Waals surface area contributed by atoms with Crippen LogP contribution < -0.4 is 5.32 Å². The minimum atomic E-state index is -0.254. The molecule has 6 heteroatoms. The summed E-state index contributed by atoms with van der Waals surface area (Å²) in [7, 11) is 0. The molecule has 0 saturated heterocycles. The molecule has 0 fully saturated rings. The van der Waals surface area contributed by atoms with E-state index in [0.29, 0.717) is 17.1 Å². The van der Waals surface area contributed by atoms with Gasteiger partial charge in [0.1, 0.15) is 17.3 Å². The van der Waals surface area contributed by atoms with E-state index in [0.717, 1.165) is 11.3 Å². The lowest BCUT2D eigenvalue weighted by Gasteiger charge is -2.00. The number of carbonyl (C=O) groups excluding carboxylic acids is 1. The summed E-state index contributed by atoms with van der Waals surface area (Å²) < 4.78 is 5.40. The molecule has 0 aliphatic heterocycles. The minimum Gasteiger partial charge on any atom is -0.466 e. The number of nitrogens with one attached hydrogen (secondary N) is 2. The summed E-state index contributed by atoms with van der Waals surface area (Å²) in [6.45, 7) is 7.21. The number of H-pyrrole nitrogens is 1. The van der Waals surface area contributed by atoms with E-state index < -0.39 is 0 Å². The van der Waals surface area contributed by atoms with E-state index in [1.165, 1.54) is 0 Å². The lowest BCUT2D eigenvalue weighted by atomic mass is 10.1. The lowest BCUT2D eigenvalue weighted by molar-refractivity contribution is 0.102. The quantitative estimate of drug-likeness (QED) is 0.831. The van der Waals surface area contributed by atoms with Crippen LogP contribution in [0, 0.1) is 27.7 Å². The van der Waals surface area contributed by atoms with Crippen molar-refractivity contribution in [1.29, 1.82) is 0 Å². The Morgan fingerprint density at radius 1 is 1.24 bits per heavy atom. The Morgan fingerprint density at radius 3 is 2.41 bits per heavy atom. The highest BCUT2D eigenvalue weighted by Gasteiger charge is 2.19. The first-order valence-electron chi connectivity index (χ1n) is 5.26. The fraction of sp³-hybridized carbons (Fsp3) is 0.364. The van der Waals surface area contributed by atoms with Gasteiger partial charge in [-0.15, -0.1) is 5.10 Å². The van der Waals surface area contributed by atoms with Crippen LogP contribution >= 0.6 is 0 Å². The average Bonchev–Trinajstić information content (AvgIpc) is 2.73. The van der Waals surface area contributed by atoms with Gasteiger partial charge in [0, 0.05) is 5.56 Å². The number of carbonyl (C=O) groups is 1. The van der Waals surface area contributed by atoms with Gasteiger partial charge in [-0.1, -0.05) is 0 Å². The van der Waals surface area contributed by atoms with Gasteiger partial charge in [0.05, 0.1) is 5.56 Å². The molecule has 0 atom stereocenters. The summed E-state index contributed by atoms with van der Waals surface area (Å²) in [6.07, 6.45) is 0. The minimum absolute atomic E-state index is 0.254. The van der Waals surface area contributed by atoms with Gasteiger partial charge in [0.15, 0.2) is 0 Å². The highest BCUT2D eigenvalue weighted by atomic mass is 16.3. The monoisotopic (exact) mass is 234 g/mol. The zero-order chi connectivity index (χ0) is 12.6. The van der Waals surface area contributed by atoms with Gasteiger partial charge in [-0.25, -0.2) is 0 Å². The molecule has 90 valence electrons. The average molecular weight is 234 g/mol. The smallest absolute Gasteiger partial charge is 0.261 e. The Morgan fingerprint density at radius 2 is 1.94 bits per heavy atom. The number of hydrogen-bond acceptors (Lipinski definition) is 4. The zero-order valence-corrected chi connectivity index (χ0v) is 10.2. The van der Waals surface area contributed by atoms with Crippen LogP contribution in [0.2, 0.25) is 0 Å². The molecule has 0 saturated carbocycles.